The third-order valence-electron chi connectivity index (χ3n) is 4.75. The summed E-state index contributed by atoms with van der Waals surface area (Å²) in [6.07, 6.45) is 1.80. The van der Waals surface area contributed by atoms with Crippen LogP contribution in [0.25, 0.3) is 44.6 Å². The maximum atomic E-state index is 11.8. The molecule has 140 valence electrons. The lowest BCUT2D eigenvalue weighted by atomic mass is 10.0. The van der Waals surface area contributed by atoms with Gasteiger partial charge in [-0.3, -0.25) is 9.78 Å². The summed E-state index contributed by atoms with van der Waals surface area (Å²) >= 11 is 6.54. The fourth-order valence-electron chi connectivity index (χ4n) is 3.42. The second kappa shape index (κ2) is 6.79. The van der Waals surface area contributed by atoms with Gasteiger partial charge in [-0.25, -0.2) is 9.97 Å². The zero-order valence-corrected chi connectivity index (χ0v) is 16.2. The quantitative estimate of drug-likeness (QED) is 0.445. The van der Waals surface area contributed by atoms with E-state index in [0.717, 1.165) is 27.6 Å². The first kappa shape index (κ1) is 17.5. The van der Waals surface area contributed by atoms with Crippen molar-refractivity contribution >= 4 is 33.7 Å². The van der Waals surface area contributed by atoms with Gasteiger partial charge >= 0.3 is 0 Å². The molecule has 0 amide bonds. The van der Waals surface area contributed by atoms with E-state index < -0.39 is 0 Å². The topological polar surface area (TPSA) is 71.5 Å². The van der Waals surface area contributed by atoms with Crippen LogP contribution in [0.15, 0.2) is 71.7 Å². The molecule has 6 heteroatoms. The molecule has 0 aliphatic rings. The van der Waals surface area contributed by atoms with Crippen LogP contribution in [0, 0.1) is 6.92 Å². The molecule has 3 aromatic heterocycles. The molecule has 1 N–H and O–H groups in total. The Bertz CT molecular complexity index is 1440. The van der Waals surface area contributed by atoms with E-state index in [0.29, 0.717) is 27.6 Å². The molecule has 5 aromatic rings. The maximum absolute atomic E-state index is 11.8. The van der Waals surface area contributed by atoms with Gasteiger partial charge in [-0.05, 0) is 36.8 Å². The molecular weight excluding hydrogens is 384 g/mol. The minimum atomic E-state index is -0.214. The van der Waals surface area contributed by atoms with Crippen molar-refractivity contribution in [3.63, 3.8) is 0 Å². The summed E-state index contributed by atoms with van der Waals surface area (Å²) in [5.41, 5.74) is 5.76. The third kappa shape index (κ3) is 3.15. The SMILES string of the molecule is Cc1cnc2c(Cl)cc(-c3nc4ccc(=O)[nH]c4nc3-c3ccccc3)cc2c1. The Morgan fingerprint density at radius 1 is 0.897 bits per heavy atom. The van der Waals surface area contributed by atoms with Gasteiger partial charge in [0.05, 0.1) is 21.9 Å². The Labute approximate surface area is 171 Å². The Morgan fingerprint density at radius 3 is 2.52 bits per heavy atom. The summed E-state index contributed by atoms with van der Waals surface area (Å²) in [4.78, 5) is 28.5. The van der Waals surface area contributed by atoms with Gasteiger partial charge in [-0.15, -0.1) is 0 Å². The number of hydrogen-bond donors (Lipinski definition) is 1. The lowest BCUT2D eigenvalue weighted by Crippen LogP contribution is -2.06. The van der Waals surface area contributed by atoms with Gasteiger partial charge in [0.25, 0.3) is 0 Å². The fourth-order valence-corrected chi connectivity index (χ4v) is 3.70. The monoisotopic (exact) mass is 398 g/mol. The van der Waals surface area contributed by atoms with Gasteiger partial charge in [-0.1, -0.05) is 41.9 Å². The number of hydrogen-bond acceptors (Lipinski definition) is 4. The molecule has 3 heterocycles. The van der Waals surface area contributed by atoms with E-state index in [2.05, 4.69) is 9.97 Å². The molecule has 5 nitrogen and oxygen atoms in total. The highest BCUT2D eigenvalue weighted by atomic mass is 35.5. The van der Waals surface area contributed by atoms with Crippen LogP contribution in [0.1, 0.15) is 5.56 Å². The van der Waals surface area contributed by atoms with Gasteiger partial charge in [0, 0.05) is 28.8 Å². The average Bonchev–Trinajstić information content (AvgIpc) is 2.73. The number of rotatable bonds is 2. The van der Waals surface area contributed by atoms with E-state index in [9.17, 15) is 4.79 Å². The van der Waals surface area contributed by atoms with Crippen molar-refractivity contribution < 1.29 is 0 Å². The van der Waals surface area contributed by atoms with Gasteiger partial charge in [0.2, 0.25) is 5.56 Å². The van der Waals surface area contributed by atoms with Gasteiger partial charge in [-0.2, -0.15) is 0 Å². The average molecular weight is 399 g/mol. The first-order valence-corrected chi connectivity index (χ1v) is 9.49. The van der Waals surface area contributed by atoms with Crippen molar-refractivity contribution in [2.24, 2.45) is 0 Å². The van der Waals surface area contributed by atoms with Crippen LogP contribution in [-0.2, 0) is 0 Å². The van der Waals surface area contributed by atoms with E-state index in [4.69, 9.17) is 21.6 Å². The summed E-state index contributed by atoms with van der Waals surface area (Å²) in [5.74, 6) is 0. The molecule has 0 aliphatic heterocycles. The number of halogens is 1. The predicted octanol–water partition coefficient (Wildman–Crippen LogP) is 5.16. The molecule has 0 saturated carbocycles. The second-order valence-electron chi connectivity index (χ2n) is 6.89. The number of aromatic amines is 1. The lowest BCUT2D eigenvalue weighted by molar-refractivity contribution is 1.19. The molecule has 0 aliphatic carbocycles. The Kier molecular flexibility index (Phi) is 4.11. The van der Waals surface area contributed by atoms with Crippen molar-refractivity contribution in [2.75, 3.05) is 0 Å². The van der Waals surface area contributed by atoms with Crippen molar-refractivity contribution in [3.8, 4) is 22.5 Å². The van der Waals surface area contributed by atoms with E-state index in [1.54, 1.807) is 12.3 Å². The molecule has 2 aromatic carbocycles. The molecule has 0 unspecified atom stereocenters. The van der Waals surface area contributed by atoms with E-state index in [1.807, 2.05) is 55.5 Å². The summed E-state index contributed by atoms with van der Waals surface area (Å²) in [5, 5.41) is 1.50. The number of pyridine rings is 2. The largest absolute Gasteiger partial charge is 0.305 e. The fraction of sp³-hybridized carbons (Fsp3) is 0.0435. The number of nitrogens with one attached hydrogen (secondary N) is 1. The zero-order valence-electron chi connectivity index (χ0n) is 15.5. The van der Waals surface area contributed by atoms with Crippen LogP contribution < -0.4 is 5.56 Å². The van der Waals surface area contributed by atoms with Gasteiger partial charge in [0.1, 0.15) is 5.52 Å². The van der Waals surface area contributed by atoms with Crippen molar-refractivity contribution in [1.82, 2.24) is 19.9 Å². The Morgan fingerprint density at radius 2 is 1.69 bits per heavy atom. The van der Waals surface area contributed by atoms with Gasteiger partial charge < -0.3 is 4.98 Å². The molecular formula is C23H15ClN4O. The standard InChI is InChI=1S/C23H15ClN4O/c1-13-9-15-10-16(11-17(24)20(15)25-12-13)22-21(14-5-3-2-4-6-14)28-23-18(26-22)7-8-19(29)27-23/h2-12H,1H3,(H,27,28,29). The number of aryl methyl sites for hydroxylation is 1. The Balaban J connectivity index is 1.85. The van der Waals surface area contributed by atoms with Crippen LogP contribution in [0.4, 0.5) is 0 Å². The smallest absolute Gasteiger partial charge is 0.249 e. The van der Waals surface area contributed by atoms with Crippen LogP contribution in [0.2, 0.25) is 5.02 Å². The van der Waals surface area contributed by atoms with E-state index in [-0.39, 0.29) is 5.56 Å². The normalized spacial score (nSPS) is 11.2. The first-order chi connectivity index (χ1) is 14.1. The van der Waals surface area contributed by atoms with Gasteiger partial charge in [0.15, 0.2) is 5.65 Å². The summed E-state index contributed by atoms with van der Waals surface area (Å²) < 4.78 is 0. The van der Waals surface area contributed by atoms with Crippen molar-refractivity contribution in [3.05, 3.63) is 87.8 Å². The summed E-state index contributed by atoms with van der Waals surface area (Å²) in [6.45, 7) is 1.99. The zero-order chi connectivity index (χ0) is 20.0. The molecule has 0 saturated heterocycles. The minimum absolute atomic E-state index is 0.214. The molecule has 0 radical (unpaired) electrons. The minimum Gasteiger partial charge on any atom is -0.305 e. The summed E-state index contributed by atoms with van der Waals surface area (Å²) in [7, 11) is 0. The number of H-pyrrole nitrogens is 1. The molecule has 0 bridgehead atoms. The molecule has 0 atom stereocenters. The molecule has 5 rings (SSSR count). The van der Waals surface area contributed by atoms with E-state index in [1.165, 1.54) is 6.07 Å². The third-order valence-corrected chi connectivity index (χ3v) is 5.04. The van der Waals surface area contributed by atoms with Crippen LogP contribution in [0.5, 0.6) is 0 Å². The number of benzene rings is 2. The predicted molar refractivity (Wildman–Crippen MR) is 116 cm³/mol. The highest BCUT2D eigenvalue weighted by Gasteiger charge is 2.15. The van der Waals surface area contributed by atoms with Crippen LogP contribution in [-0.4, -0.2) is 19.9 Å². The number of nitrogens with zero attached hydrogens (tertiary/aromatic N) is 3. The number of aromatic nitrogens is 4. The lowest BCUT2D eigenvalue weighted by Gasteiger charge is -2.12. The number of fused-ring (bicyclic) bond motifs is 2. The summed E-state index contributed by atoms with van der Waals surface area (Å²) in [6, 6.07) is 18.8. The highest BCUT2D eigenvalue weighted by molar-refractivity contribution is 6.35. The highest BCUT2D eigenvalue weighted by Crippen LogP contribution is 2.34. The van der Waals surface area contributed by atoms with Crippen LogP contribution >= 0.6 is 11.6 Å². The molecule has 29 heavy (non-hydrogen) atoms. The van der Waals surface area contributed by atoms with E-state index >= 15 is 0 Å². The van der Waals surface area contributed by atoms with Crippen molar-refractivity contribution in [2.45, 2.75) is 6.92 Å². The Hall–Kier alpha value is -3.57. The first-order valence-electron chi connectivity index (χ1n) is 9.11. The van der Waals surface area contributed by atoms with Crippen molar-refractivity contribution in [1.29, 1.82) is 0 Å². The molecule has 0 fully saturated rings. The maximum Gasteiger partial charge on any atom is 0.249 e. The second-order valence-corrected chi connectivity index (χ2v) is 7.29. The molecule has 0 spiro atoms. The van der Waals surface area contributed by atoms with Crippen LogP contribution in [0.3, 0.4) is 0 Å².